The topological polar surface area (TPSA) is 24.1 Å². The summed E-state index contributed by atoms with van der Waals surface area (Å²) in [5.74, 6) is 4.12. The van der Waals surface area contributed by atoms with Gasteiger partial charge in [-0.25, -0.2) is 0 Å². The molecule has 1 aromatic rings. The van der Waals surface area contributed by atoms with Crippen molar-refractivity contribution in [1.82, 2.24) is 10.6 Å². The second kappa shape index (κ2) is 5.35. The predicted molar refractivity (Wildman–Crippen MR) is 89.5 cm³/mol. The van der Waals surface area contributed by atoms with Crippen LogP contribution >= 0.6 is 0 Å². The molecular weight excluding hydrogens is 268 g/mol. The second-order valence-corrected chi connectivity index (χ2v) is 8.32. The average Bonchev–Trinajstić information content (AvgIpc) is 2.54. The molecule has 5 aliphatic rings. The number of benzene rings is 1. The Morgan fingerprint density at radius 1 is 1.00 bits per heavy atom. The maximum atomic E-state index is 4.00. The molecular formula is C20H28N2. The summed E-state index contributed by atoms with van der Waals surface area (Å²) < 4.78 is 0. The van der Waals surface area contributed by atoms with Crippen LogP contribution < -0.4 is 10.6 Å². The van der Waals surface area contributed by atoms with Crippen LogP contribution in [0.1, 0.15) is 48.8 Å². The summed E-state index contributed by atoms with van der Waals surface area (Å²) in [6.07, 6.45) is 8.80. The Morgan fingerprint density at radius 2 is 1.77 bits per heavy atom. The van der Waals surface area contributed by atoms with Crippen LogP contribution in [0.3, 0.4) is 0 Å². The maximum absolute atomic E-state index is 4.00. The quantitative estimate of drug-likeness (QED) is 0.895. The molecule has 0 saturated heterocycles. The first-order chi connectivity index (χ1) is 10.9. The van der Waals surface area contributed by atoms with E-state index >= 15 is 0 Å². The lowest BCUT2D eigenvalue weighted by molar-refractivity contribution is -0.0143. The lowest BCUT2D eigenvalue weighted by Gasteiger charge is -2.54. The number of fused-ring (bicyclic) bond motifs is 1. The Bertz CT molecular complexity index is 537. The fourth-order valence-corrected chi connectivity index (χ4v) is 6.24. The molecule has 2 N–H and O–H groups in total. The molecule has 0 unspecified atom stereocenters. The first kappa shape index (κ1) is 13.6. The van der Waals surface area contributed by atoms with Gasteiger partial charge in [0.25, 0.3) is 0 Å². The van der Waals surface area contributed by atoms with Crippen LogP contribution in [0.2, 0.25) is 0 Å². The van der Waals surface area contributed by atoms with E-state index in [0.717, 1.165) is 49.3 Å². The lowest BCUT2D eigenvalue weighted by atomic mass is 9.54. The van der Waals surface area contributed by atoms with Crippen molar-refractivity contribution < 1.29 is 0 Å². The highest BCUT2D eigenvalue weighted by atomic mass is 14.9. The molecule has 4 fully saturated rings. The van der Waals surface area contributed by atoms with E-state index in [1.165, 1.54) is 32.1 Å². The van der Waals surface area contributed by atoms with Gasteiger partial charge in [-0.3, -0.25) is 0 Å². The highest BCUT2D eigenvalue weighted by Crippen LogP contribution is 2.53. The van der Waals surface area contributed by atoms with Crippen molar-refractivity contribution in [2.24, 2.45) is 23.7 Å². The van der Waals surface area contributed by atoms with Gasteiger partial charge in [0.2, 0.25) is 0 Å². The van der Waals surface area contributed by atoms with Gasteiger partial charge in [0.1, 0.15) is 0 Å². The van der Waals surface area contributed by atoms with Gasteiger partial charge in [-0.2, -0.15) is 0 Å². The Morgan fingerprint density at radius 3 is 2.55 bits per heavy atom. The van der Waals surface area contributed by atoms with Gasteiger partial charge in [-0.1, -0.05) is 18.2 Å². The van der Waals surface area contributed by atoms with E-state index in [-0.39, 0.29) is 0 Å². The molecule has 4 aliphatic carbocycles. The minimum absolute atomic E-state index is 0.806. The van der Waals surface area contributed by atoms with Gasteiger partial charge in [-0.05, 0) is 85.4 Å². The third-order valence-corrected chi connectivity index (χ3v) is 7.00. The van der Waals surface area contributed by atoms with Gasteiger partial charge in [0.15, 0.2) is 0 Å². The molecule has 2 nitrogen and oxygen atoms in total. The van der Waals surface area contributed by atoms with Crippen LogP contribution in [-0.2, 0) is 19.5 Å². The van der Waals surface area contributed by atoms with E-state index < -0.39 is 0 Å². The van der Waals surface area contributed by atoms with Crippen LogP contribution in [0.4, 0.5) is 0 Å². The minimum Gasteiger partial charge on any atom is -0.312 e. The summed E-state index contributed by atoms with van der Waals surface area (Å²) in [6.45, 7) is 3.28. The standard InChI is InChI=1S/C20H28N2/c1-2-15-4-5-21-12-19(15)16(3-1)11-22-20-17-7-13-6-14(9-17)10-18(20)8-13/h1-3,13-14,17-18,20-22H,4-12H2. The zero-order chi connectivity index (χ0) is 14.5. The molecule has 1 aliphatic heterocycles. The summed E-state index contributed by atoms with van der Waals surface area (Å²) in [4.78, 5) is 0. The summed E-state index contributed by atoms with van der Waals surface area (Å²) in [7, 11) is 0. The lowest BCUT2D eigenvalue weighted by Crippen LogP contribution is -2.54. The van der Waals surface area contributed by atoms with Gasteiger partial charge >= 0.3 is 0 Å². The molecule has 118 valence electrons. The van der Waals surface area contributed by atoms with E-state index in [1.807, 2.05) is 0 Å². The summed E-state index contributed by atoms with van der Waals surface area (Å²) >= 11 is 0. The molecule has 4 saturated carbocycles. The number of nitrogens with one attached hydrogen (secondary N) is 2. The van der Waals surface area contributed by atoms with E-state index in [2.05, 4.69) is 28.8 Å². The molecule has 1 aromatic carbocycles. The van der Waals surface area contributed by atoms with Crippen molar-refractivity contribution in [3.8, 4) is 0 Å². The van der Waals surface area contributed by atoms with Crippen LogP contribution in [0.25, 0.3) is 0 Å². The zero-order valence-corrected chi connectivity index (χ0v) is 13.5. The van der Waals surface area contributed by atoms with Gasteiger partial charge in [-0.15, -0.1) is 0 Å². The van der Waals surface area contributed by atoms with Crippen LogP contribution in [0, 0.1) is 23.7 Å². The normalized spacial score (nSPS) is 39.0. The number of rotatable bonds is 3. The first-order valence-electron chi connectivity index (χ1n) is 9.40. The third-order valence-electron chi connectivity index (χ3n) is 7.00. The number of hydrogen-bond donors (Lipinski definition) is 2. The van der Waals surface area contributed by atoms with E-state index in [4.69, 9.17) is 0 Å². The highest BCUT2D eigenvalue weighted by molar-refractivity contribution is 5.37. The summed E-state index contributed by atoms with van der Waals surface area (Å²) in [6, 6.07) is 7.73. The molecule has 0 aromatic heterocycles. The van der Waals surface area contributed by atoms with E-state index in [1.54, 1.807) is 23.1 Å². The molecule has 0 radical (unpaired) electrons. The largest absolute Gasteiger partial charge is 0.312 e. The monoisotopic (exact) mass is 296 g/mol. The van der Waals surface area contributed by atoms with Gasteiger partial charge in [0, 0.05) is 19.1 Å². The van der Waals surface area contributed by atoms with Crippen LogP contribution in [0.5, 0.6) is 0 Å². The van der Waals surface area contributed by atoms with Gasteiger partial charge < -0.3 is 10.6 Å². The zero-order valence-electron chi connectivity index (χ0n) is 13.5. The Balaban J connectivity index is 1.32. The highest BCUT2D eigenvalue weighted by Gasteiger charge is 2.47. The van der Waals surface area contributed by atoms with Crippen molar-refractivity contribution in [2.75, 3.05) is 6.54 Å². The Hall–Kier alpha value is -0.860. The summed E-state index contributed by atoms with van der Waals surface area (Å²) in [5.41, 5.74) is 4.69. The first-order valence-corrected chi connectivity index (χ1v) is 9.40. The summed E-state index contributed by atoms with van der Waals surface area (Å²) in [5, 5.41) is 7.55. The molecule has 22 heavy (non-hydrogen) atoms. The smallest absolute Gasteiger partial charge is 0.0211 e. The van der Waals surface area contributed by atoms with Crippen LogP contribution in [0.15, 0.2) is 18.2 Å². The van der Waals surface area contributed by atoms with Crippen molar-refractivity contribution in [3.63, 3.8) is 0 Å². The Kier molecular flexibility index (Phi) is 3.30. The molecule has 4 bridgehead atoms. The van der Waals surface area contributed by atoms with E-state index in [9.17, 15) is 0 Å². The van der Waals surface area contributed by atoms with Crippen LogP contribution in [-0.4, -0.2) is 12.6 Å². The SMILES string of the molecule is c1cc2c(c(CNC3C4CC5CC(C4)CC3C5)c1)CNCC2. The number of hydrogen-bond acceptors (Lipinski definition) is 2. The van der Waals surface area contributed by atoms with Crippen molar-refractivity contribution in [3.05, 3.63) is 34.9 Å². The molecule has 0 spiro atoms. The van der Waals surface area contributed by atoms with Crippen molar-refractivity contribution >= 4 is 0 Å². The molecule has 1 heterocycles. The maximum Gasteiger partial charge on any atom is 0.0211 e. The van der Waals surface area contributed by atoms with Gasteiger partial charge in [0.05, 0.1) is 0 Å². The average molecular weight is 296 g/mol. The van der Waals surface area contributed by atoms with E-state index in [0.29, 0.717) is 0 Å². The third kappa shape index (κ3) is 2.23. The fraction of sp³-hybridized carbons (Fsp3) is 0.700. The second-order valence-electron chi connectivity index (χ2n) is 8.32. The molecule has 0 amide bonds. The predicted octanol–water partition coefficient (Wildman–Crippen LogP) is 3.25. The van der Waals surface area contributed by atoms with Crippen molar-refractivity contribution in [1.29, 1.82) is 0 Å². The van der Waals surface area contributed by atoms with Crippen molar-refractivity contribution in [2.45, 2.75) is 57.7 Å². The Labute approximate surface area is 134 Å². The molecule has 6 rings (SSSR count). The molecule has 0 atom stereocenters. The fourth-order valence-electron chi connectivity index (χ4n) is 6.24. The minimum atomic E-state index is 0.806. The molecule has 2 heteroatoms.